The van der Waals surface area contributed by atoms with Crippen molar-refractivity contribution in [2.45, 2.75) is 38.9 Å². The van der Waals surface area contributed by atoms with Crippen LogP contribution in [0.15, 0.2) is 22.7 Å². The number of amides is 1. The first kappa shape index (κ1) is 16.3. The molecule has 1 atom stereocenters. The van der Waals surface area contributed by atoms with Crippen LogP contribution in [0.4, 0.5) is 13.2 Å². The minimum absolute atomic E-state index is 0.184. The number of benzene rings is 1. The first-order valence-corrected chi connectivity index (χ1v) is 7.63. The normalized spacial score (nSPS) is 16.7. The summed E-state index contributed by atoms with van der Waals surface area (Å²) in [5.41, 5.74) is 0.985. The van der Waals surface area contributed by atoms with E-state index in [0.29, 0.717) is 11.1 Å². The van der Waals surface area contributed by atoms with E-state index in [1.807, 2.05) is 0 Å². The molecule has 21 heavy (non-hydrogen) atoms. The van der Waals surface area contributed by atoms with E-state index in [0.717, 1.165) is 22.2 Å². The molecule has 1 fully saturated rings. The van der Waals surface area contributed by atoms with Crippen LogP contribution >= 0.6 is 15.9 Å². The predicted molar refractivity (Wildman–Crippen MR) is 78.2 cm³/mol. The number of hydrogen-bond acceptors (Lipinski definition) is 1. The van der Waals surface area contributed by atoms with Gasteiger partial charge in [0, 0.05) is 16.1 Å². The maximum absolute atomic E-state index is 12.8. The molecule has 0 N–H and O–H groups in total. The Bertz CT molecular complexity index is 540. The topological polar surface area (TPSA) is 20.3 Å². The summed E-state index contributed by atoms with van der Waals surface area (Å²) in [6.07, 6.45) is -2.61. The summed E-state index contributed by atoms with van der Waals surface area (Å²) in [4.78, 5) is 13.5. The lowest BCUT2D eigenvalue weighted by Gasteiger charge is -2.31. The Balaban J connectivity index is 2.30. The highest BCUT2D eigenvalue weighted by Crippen LogP contribution is 2.37. The van der Waals surface area contributed by atoms with Gasteiger partial charge in [0.2, 0.25) is 0 Å². The Kier molecular flexibility index (Phi) is 4.66. The van der Waals surface area contributed by atoms with Crippen LogP contribution in [-0.4, -0.2) is 29.6 Å². The van der Waals surface area contributed by atoms with E-state index < -0.39 is 24.7 Å². The monoisotopic (exact) mass is 363 g/mol. The molecule has 1 aliphatic carbocycles. The van der Waals surface area contributed by atoms with Crippen LogP contribution in [-0.2, 0) is 0 Å². The summed E-state index contributed by atoms with van der Waals surface area (Å²) in [5.74, 6) is -0.366. The van der Waals surface area contributed by atoms with Gasteiger partial charge in [-0.25, -0.2) is 0 Å². The van der Waals surface area contributed by atoms with Crippen LogP contribution in [0, 0.1) is 12.8 Å². The number of nitrogens with zero attached hydrogens (tertiary/aromatic N) is 1. The maximum atomic E-state index is 12.8. The van der Waals surface area contributed by atoms with Gasteiger partial charge in [-0.2, -0.15) is 13.2 Å². The smallest absolute Gasteiger partial charge is 0.327 e. The Morgan fingerprint density at radius 3 is 2.57 bits per heavy atom. The minimum atomic E-state index is -4.39. The molecule has 1 aliphatic rings. The van der Waals surface area contributed by atoms with E-state index in [1.54, 1.807) is 32.0 Å². The lowest BCUT2D eigenvalue weighted by atomic mass is 10.1. The number of hydrogen-bond donors (Lipinski definition) is 0. The molecule has 0 saturated heterocycles. The molecule has 0 radical (unpaired) electrons. The van der Waals surface area contributed by atoms with Crippen molar-refractivity contribution in [1.82, 2.24) is 4.90 Å². The highest BCUT2D eigenvalue weighted by molar-refractivity contribution is 9.10. The summed E-state index contributed by atoms with van der Waals surface area (Å²) in [5, 5.41) is 0. The van der Waals surface area contributed by atoms with Gasteiger partial charge in [0.25, 0.3) is 5.91 Å². The molecule has 0 aromatic heterocycles. The molecule has 1 saturated carbocycles. The quantitative estimate of drug-likeness (QED) is 0.767. The third-order valence-electron chi connectivity index (χ3n) is 3.90. The zero-order valence-electron chi connectivity index (χ0n) is 11.9. The van der Waals surface area contributed by atoms with Gasteiger partial charge in [-0.1, -0.05) is 22.0 Å². The van der Waals surface area contributed by atoms with Crippen molar-refractivity contribution in [2.24, 2.45) is 5.92 Å². The number of carbonyl (C=O) groups is 1. The summed E-state index contributed by atoms with van der Waals surface area (Å²) in [7, 11) is 0. The van der Waals surface area contributed by atoms with Gasteiger partial charge in [-0.15, -0.1) is 0 Å². The molecule has 116 valence electrons. The summed E-state index contributed by atoms with van der Waals surface area (Å²) < 4.78 is 39.1. The van der Waals surface area contributed by atoms with Gasteiger partial charge in [-0.05, 0) is 50.3 Å². The molecule has 1 unspecified atom stereocenters. The molecule has 0 spiro atoms. The van der Waals surface area contributed by atoms with Crippen LogP contribution in [0.2, 0.25) is 0 Å². The standard InChI is InChI=1S/C15H17BrF3NO/c1-9-12(4-3-5-13(9)16)14(21)20(8-15(17,18)19)10(2)11-6-7-11/h3-5,10-11H,6-8H2,1-2H3. The Morgan fingerprint density at radius 2 is 2.05 bits per heavy atom. The third kappa shape index (κ3) is 3.99. The average molecular weight is 364 g/mol. The lowest BCUT2D eigenvalue weighted by Crippen LogP contribution is -2.45. The molecule has 0 aliphatic heterocycles. The van der Waals surface area contributed by atoms with Gasteiger partial charge in [0.05, 0.1) is 0 Å². The first-order chi connectivity index (χ1) is 9.70. The van der Waals surface area contributed by atoms with Crippen molar-refractivity contribution >= 4 is 21.8 Å². The van der Waals surface area contributed by atoms with Crippen LogP contribution in [0.25, 0.3) is 0 Å². The molecule has 2 nitrogen and oxygen atoms in total. The lowest BCUT2D eigenvalue weighted by molar-refractivity contribution is -0.144. The third-order valence-corrected chi connectivity index (χ3v) is 4.76. The van der Waals surface area contributed by atoms with Crippen molar-refractivity contribution < 1.29 is 18.0 Å². The fourth-order valence-corrected chi connectivity index (χ4v) is 2.79. The van der Waals surface area contributed by atoms with Crippen LogP contribution in [0.5, 0.6) is 0 Å². The number of halogens is 4. The zero-order valence-corrected chi connectivity index (χ0v) is 13.5. The van der Waals surface area contributed by atoms with Crippen LogP contribution < -0.4 is 0 Å². The van der Waals surface area contributed by atoms with Gasteiger partial charge in [0.1, 0.15) is 6.54 Å². The molecule has 2 rings (SSSR count). The molecule has 0 heterocycles. The molecular weight excluding hydrogens is 347 g/mol. The first-order valence-electron chi connectivity index (χ1n) is 6.83. The minimum Gasteiger partial charge on any atom is -0.327 e. The number of alkyl halides is 3. The zero-order chi connectivity index (χ0) is 15.8. The second-order valence-corrected chi connectivity index (χ2v) is 6.39. The second-order valence-electron chi connectivity index (χ2n) is 5.54. The van der Waals surface area contributed by atoms with E-state index in [2.05, 4.69) is 15.9 Å². The van der Waals surface area contributed by atoms with Crippen molar-refractivity contribution in [3.8, 4) is 0 Å². The molecule has 6 heteroatoms. The fraction of sp³-hybridized carbons (Fsp3) is 0.533. The van der Waals surface area contributed by atoms with Gasteiger partial charge >= 0.3 is 6.18 Å². The highest BCUT2D eigenvalue weighted by atomic mass is 79.9. The molecule has 1 aromatic carbocycles. The highest BCUT2D eigenvalue weighted by Gasteiger charge is 2.41. The van der Waals surface area contributed by atoms with Crippen molar-refractivity contribution in [3.05, 3.63) is 33.8 Å². The number of rotatable bonds is 4. The Labute approximate surface area is 130 Å². The SMILES string of the molecule is Cc1c(Br)cccc1C(=O)N(CC(F)(F)F)C(C)C1CC1. The van der Waals surface area contributed by atoms with E-state index in [4.69, 9.17) is 0 Å². The van der Waals surface area contributed by atoms with Crippen LogP contribution in [0.1, 0.15) is 35.7 Å². The van der Waals surface area contributed by atoms with E-state index in [9.17, 15) is 18.0 Å². The van der Waals surface area contributed by atoms with Gasteiger partial charge in [-0.3, -0.25) is 4.79 Å². The van der Waals surface area contributed by atoms with Crippen molar-refractivity contribution in [3.63, 3.8) is 0 Å². The maximum Gasteiger partial charge on any atom is 0.406 e. The molecule has 1 aromatic rings. The summed E-state index contributed by atoms with van der Waals surface area (Å²) in [6, 6.07) is 4.62. The summed E-state index contributed by atoms with van der Waals surface area (Å²) >= 11 is 3.31. The van der Waals surface area contributed by atoms with E-state index >= 15 is 0 Å². The largest absolute Gasteiger partial charge is 0.406 e. The fourth-order valence-electron chi connectivity index (χ4n) is 2.42. The van der Waals surface area contributed by atoms with Crippen molar-refractivity contribution in [2.75, 3.05) is 6.54 Å². The number of carbonyl (C=O) groups excluding carboxylic acids is 1. The molecule has 1 amide bonds. The van der Waals surface area contributed by atoms with Gasteiger partial charge < -0.3 is 4.90 Å². The summed E-state index contributed by atoms with van der Waals surface area (Å²) in [6.45, 7) is 2.23. The second kappa shape index (κ2) is 5.99. The Morgan fingerprint density at radius 1 is 1.43 bits per heavy atom. The predicted octanol–water partition coefficient (Wildman–Crippen LogP) is 4.56. The molecular formula is C15H17BrF3NO. The Hall–Kier alpha value is -1.04. The van der Waals surface area contributed by atoms with Gasteiger partial charge in [0.15, 0.2) is 0 Å². The van der Waals surface area contributed by atoms with E-state index in [-0.39, 0.29) is 5.92 Å². The molecule has 0 bridgehead atoms. The van der Waals surface area contributed by atoms with Crippen LogP contribution in [0.3, 0.4) is 0 Å². The van der Waals surface area contributed by atoms with E-state index in [1.165, 1.54) is 0 Å². The average Bonchev–Trinajstić information content (AvgIpc) is 3.21. The van der Waals surface area contributed by atoms with Crippen molar-refractivity contribution in [1.29, 1.82) is 0 Å².